The van der Waals surface area contributed by atoms with E-state index in [-0.39, 0.29) is 5.97 Å². The van der Waals surface area contributed by atoms with Crippen LogP contribution in [0.3, 0.4) is 0 Å². The SMILES string of the molecule is CCOC(=O)/C=C/Oc1c(C(C)C)cccc1C(C)C. The normalized spacial score (nSPS) is 11.3. The average Bonchev–Trinajstić information content (AvgIpc) is 2.38. The highest BCUT2D eigenvalue weighted by atomic mass is 16.5. The van der Waals surface area contributed by atoms with Crippen molar-refractivity contribution < 1.29 is 14.3 Å². The fourth-order valence-corrected chi connectivity index (χ4v) is 1.97. The van der Waals surface area contributed by atoms with Crippen molar-refractivity contribution >= 4 is 5.97 Å². The van der Waals surface area contributed by atoms with Gasteiger partial charge in [0.15, 0.2) is 0 Å². The smallest absolute Gasteiger partial charge is 0.333 e. The van der Waals surface area contributed by atoms with E-state index in [0.29, 0.717) is 18.4 Å². The van der Waals surface area contributed by atoms with Crippen molar-refractivity contribution in [2.45, 2.75) is 46.5 Å². The maximum Gasteiger partial charge on any atom is 0.333 e. The molecule has 0 bridgehead atoms. The number of esters is 1. The second kappa shape index (κ2) is 7.73. The molecule has 1 aromatic rings. The van der Waals surface area contributed by atoms with Gasteiger partial charge in [-0.25, -0.2) is 4.79 Å². The molecule has 0 saturated heterocycles. The number of para-hydroxylation sites is 1. The van der Waals surface area contributed by atoms with E-state index in [0.717, 1.165) is 16.9 Å². The molecule has 3 heteroatoms. The van der Waals surface area contributed by atoms with E-state index in [4.69, 9.17) is 9.47 Å². The summed E-state index contributed by atoms with van der Waals surface area (Å²) in [6, 6.07) is 6.17. The fraction of sp³-hybridized carbons (Fsp3) is 0.471. The van der Waals surface area contributed by atoms with E-state index >= 15 is 0 Å². The highest BCUT2D eigenvalue weighted by Crippen LogP contribution is 2.34. The molecule has 1 aromatic carbocycles. The molecule has 110 valence electrons. The van der Waals surface area contributed by atoms with E-state index in [1.165, 1.54) is 12.3 Å². The standard InChI is InChI=1S/C17H24O3/c1-6-19-16(18)10-11-20-17-14(12(2)3)8-7-9-15(17)13(4)5/h7-13H,6H2,1-5H3/b11-10+. The van der Waals surface area contributed by atoms with Gasteiger partial charge in [0.2, 0.25) is 0 Å². The van der Waals surface area contributed by atoms with E-state index in [1.807, 2.05) is 6.07 Å². The molecule has 0 aromatic heterocycles. The number of hydrogen-bond acceptors (Lipinski definition) is 3. The van der Waals surface area contributed by atoms with Gasteiger partial charge in [-0.1, -0.05) is 45.9 Å². The van der Waals surface area contributed by atoms with Gasteiger partial charge in [-0.15, -0.1) is 0 Å². The van der Waals surface area contributed by atoms with E-state index in [1.54, 1.807) is 6.92 Å². The largest absolute Gasteiger partial charge is 0.464 e. The molecule has 0 unspecified atom stereocenters. The number of carbonyl (C=O) groups excluding carboxylic acids is 1. The van der Waals surface area contributed by atoms with Crippen molar-refractivity contribution in [3.8, 4) is 5.75 Å². The van der Waals surface area contributed by atoms with Crippen molar-refractivity contribution in [1.29, 1.82) is 0 Å². The molecule has 20 heavy (non-hydrogen) atoms. The maximum atomic E-state index is 11.3. The zero-order valence-electron chi connectivity index (χ0n) is 13.0. The van der Waals surface area contributed by atoms with Crippen molar-refractivity contribution in [3.05, 3.63) is 41.7 Å². The van der Waals surface area contributed by atoms with Crippen LogP contribution >= 0.6 is 0 Å². The zero-order chi connectivity index (χ0) is 15.1. The lowest BCUT2D eigenvalue weighted by molar-refractivity contribution is -0.137. The first-order chi connectivity index (χ1) is 9.47. The molecule has 3 nitrogen and oxygen atoms in total. The van der Waals surface area contributed by atoms with Gasteiger partial charge < -0.3 is 9.47 Å². The summed E-state index contributed by atoms with van der Waals surface area (Å²) < 4.78 is 10.6. The maximum absolute atomic E-state index is 11.3. The summed E-state index contributed by atoms with van der Waals surface area (Å²) in [5.74, 6) is 1.18. The Bertz CT molecular complexity index is 447. The van der Waals surface area contributed by atoms with Gasteiger partial charge in [0, 0.05) is 0 Å². The third kappa shape index (κ3) is 4.41. The van der Waals surface area contributed by atoms with Gasteiger partial charge in [-0.3, -0.25) is 0 Å². The number of rotatable bonds is 6. The van der Waals surface area contributed by atoms with Crippen LogP contribution in [0.1, 0.15) is 57.6 Å². The molecule has 0 fully saturated rings. The Morgan fingerprint density at radius 2 is 1.70 bits per heavy atom. The number of carbonyl (C=O) groups is 1. The first kappa shape index (κ1) is 16.3. The first-order valence-corrected chi connectivity index (χ1v) is 7.10. The summed E-state index contributed by atoms with van der Waals surface area (Å²) in [5, 5.41) is 0. The number of benzene rings is 1. The Morgan fingerprint density at radius 3 is 2.15 bits per heavy atom. The van der Waals surface area contributed by atoms with Crippen LogP contribution in [0, 0.1) is 0 Å². The van der Waals surface area contributed by atoms with Gasteiger partial charge in [0.05, 0.1) is 18.9 Å². The topological polar surface area (TPSA) is 35.5 Å². The van der Waals surface area contributed by atoms with Gasteiger partial charge in [0.1, 0.15) is 5.75 Å². The van der Waals surface area contributed by atoms with Crippen LogP contribution in [0.4, 0.5) is 0 Å². The minimum absolute atomic E-state index is 0.361. The fourth-order valence-electron chi connectivity index (χ4n) is 1.97. The number of ether oxygens (including phenoxy) is 2. The van der Waals surface area contributed by atoms with Crippen LogP contribution in [0.15, 0.2) is 30.5 Å². The lowest BCUT2D eigenvalue weighted by Crippen LogP contribution is -2.02. The molecule has 1 rings (SSSR count). The van der Waals surface area contributed by atoms with Crippen molar-refractivity contribution in [3.63, 3.8) is 0 Å². The predicted octanol–water partition coefficient (Wildman–Crippen LogP) is 4.39. The van der Waals surface area contributed by atoms with E-state index in [9.17, 15) is 4.79 Å². The Labute approximate surface area is 121 Å². The van der Waals surface area contributed by atoms with Crippen LogP contribution < -0.4 is 4.74 Å². The van der Waals surface area contributed by atoms with Gasteiger partial charge >= 0.3 is 5.97 Å². The first-order valence-electron chi connectivity index (χ1n) is 7.10. The van der Waals surface area contributed by atoms with Crippen LogP contribution in [-0.4, -0.2) is 12.6 Å². The summed E-state index contributed by atoms with van der Waals surface area (Å²) >= 11 is 0. The highest BCUT2D eigenvalue weighted by molar-refractivity contribution is 5.81. The summed E-state index contributed by atoms with van der Waals surface area (Å²) in [4.78, 5) is 11.3. The Balaban J connectivity index is 2.99. The third-order valence-corrected chi connectivity index (χ3v) is 3.00. The molecular weight excluding hydrogens is 252 g/mol. The molecule has 0 saturated carbocycles. The molecule has 0 heterocycles. The summed E-state index contributed by atoms with van der Waals surface area (Å²) in [6.45, 7) is 10.6. The van der Waals surface area contributed by atoms with Crippen LogP contribution in [0.2, 0.25) is 0 Å². The summed E-state index contributed by atoms with van der Waals surface area (Å²) in [6.07, 6.45) is 2.72. The molecule has 0 N–H and O–H groups in total. The van der Waals surface area contributed by atoms with Gasteiger partial charge in [-0.05, 0) is 29.9 Å². The molecule has 0 radical (unpaired) electrons. The highest BCUT2D eigenvalue weighted by Gasteiger charge is 2.14. The Kier molecular flexibility index (Phi) is 6.29. The van der Waals surface area contributed by atoms with E-state index < -0.39 is 0 Å². The minimum Gasteiger partial charge on any atom is -0.464 e. The second-order valence-corrected chi connectivity index (χ2v) is 5.25. The Morgan fingerprint density at radius 1 is 1.15 bits per heavy atom. The monoisotopic (exact) mass is 276 g/mol. The number of hydrogen-bond donors (Lipinski definition) is 0. The molecule has 0 spiro atoms. The molecule has 0 aliphatic heterocycles. The lowest BCUT2D eigenvalue weighted by atomic mass is 9.94. The predicted molar refractivity (Wildman–Crippen MR) is 81.0 cm³/mol. The van der Waals surface area contributed by atoms with Crippen molar-refractivity contribution in [1.82, 2.24) is 0 Å². The van der Waals surface area contributed by atoms with Gasteiger partial charge in [0.25, 0.3) is 0 Å². The zero-order valence-corrected chi connectivity index (χ0v) is 13.0. The van der Waals surface area contributed by atoms with Crippen LogP contribution in [-0.2, 0) is 9.53 Å². The average molecular weight is 276 g/mol. The minimum atomic E-state index is -0.388. The summed E-state index contributed by atoms with van der Waals surface area (Å²) in [5.41, 5.74) is 2.29. The third-order valence-electron chi connectivity index (χ3n) is 3.00. The van der Waals surface area contributed by atoms with Crippen molar-refractivity contribution in [2.75, 3.05) is 6.61 Å². The Hall–Kier alpha value is -1.77. The van der Waals surface area contributed by atoms with Crippen LogP contribution in [0.5, 0.6) is 5.75 Å². The molecule has 0 amide bonds. The van der Waals surface area contributed by atoms with Crippen molar-refractivity contribution in [2.24, 2.45) is 0 Å². The van der Waals surface area contributed by atoms with E-state index in [2.05, 4.69) is 39.8 Å². The second-order valence-electron chi connectivity index (χ2n) is 5.25. The molecule has 0 atom stereocenters. The lowest BCUT2D eigenvalue weighted by Gasteiger charge is -2.18. The molecule has 0 aliphatic carbocycles. The molecular formula is C17H24O3. The quantitative estimate of drug-likeness (QED) is 0.439. The van der Waals surface area contributed by atoms with Crippen LogP contribution in [0.25, 0.3) is 0 Å². The molecule has 0 aliphatic rings. The summed E-state index contributed by atoms with van der Waals surface area (Å²) in [7, 11) is 0. The van der Waals surface area contributed by atoms with Gasteiger partial charge in [-0.2, -0.15) is 0 Å².